The highest BCUT2D eigenvalue weighted by atomic mass is 79.9. The van der Waals surface area contributed by atoms with Gasteiger partial charge in [-0.3, -0.25) is 4.79 Å². The van der Waals surface area contributed by atoms with Crippen molar-refractivity contribution in [3.63, 3.8) is 0 Å². The Kier molecular flexibility index (Phi) is 3.69. The van der Waals surface area contributed by atoms with Crippen molar-refractivity contribution < 1.29 is 9.18 Å². The molecule has 0 aliphatic heterocycles. The average Bonchev–Trinajstić information content (AvgIpc) is 2.33. The molecule has 17 heavy (non-hydrogen) atoms. The number of benzene rings is 2. The smallest absolute Gasteiger partial charge is 0.167 e. The Bertz CT molecular complexity index is 534. The summed E-state index contributed by atoms with van der Waals surface area (Å²) in [7, 11) is 0. The van der Waals surface area contributed by atoms with Crippen LogP contribution in [0.3, 0.4) is 0 Å². The van der Waals surface area contributed by atoms with E-state index in [9.17, 15) is 9.18 Å². The predicted molar refractivity (Wildman–Crippen MR) is 68.6 cm³/mol. The van der Waals surface area contributed by atoms with E-state index in [0.29, 0.717) is 12.0 Å². The molecule has 2 rings (SSSR count). The highest BCUT2D eigenvalue weighted by Crippen LogP contribution is 2.18. The Labute approximate surface area is 107 Å². The van der Waals surface area contributed by atoms with Gasteiger partial charge in [-0.05, 0) is 35.9 Å². The lowest BCUT2D eigenvalue weighted by atomic mass is 10.0. The summed E-state index contributed by atoms with van der Waals surface area (Å²) in [6, 6.07) is 13.2. The minimum Gasteiger partial charge on any atom is -0.294 e. The third-order valence-corrected chi connectivity index (χ3v) is 3.25. The molecule has 0 amide bonds. The standard InChI is InChI=1S/C14H10BrFO/c15-13-4-2-1-3-11(13)9-14(17)10-5-7-12(16)8-6-10/h1-8H,9H2. The van der Waals surface area contributed by atoms with Crippen LogP contribution in [0, 0.1) is 5.82 Å². The summed E-state index contributed by atoms with van der Waals surface area (Å²) in [6.07, 6.45) is 0.313. The molecule has 0 atom stereocenters. The van der Waals surface area contributed by atoms with Gasteiger partial charge < -0.3 is 0 Å². The largest absolute Gasteiger partial charge is 0.294 e. The topological polar surface area (TPSA) is 17.1 Å². The predicted octanol–water partition coefficient (Wildman–Crippen LogP) is 4.01. The summed E-state index contributed by atoms with van der Waals surface area (Å²) in [5, 5.41) is 0. The maximum Gasteiger partial charge on any atom is 0.167 e. The summed E-state index contributed by atoms with van der Waals surface area (Å²) in [4.78, 5) is 11.9. The van der Waals surface area contributed by atoms with Gasteiger partial charge in [-0.25, -0.2) is 4.39 Å². The van der Waals surface area contributed by atoms with Crippen LogP contribution in [0.5, 0.6) is 0 Å². The normalized spacial score (nSPS) is 10.2. The number of ketones is 1. The number of Topliss-reactive ketones (excluding diaryl/α,β-unsaturated/α-hetero) is 1. The van der Waals surface area contributed by atoms with Gasteiger partial charge in [-0.1, -0.05) is 34.1 Å². The highest BCUT2D eigenvalue weighted by Gasteiger charge is 2.08. The molecule has 0 heterocycles. The molecule has 86 valence electrons. The molecule has 0 saturated heterocycles. The third-order valence-electron chi connectivity index (χ3n) is 2.48. The van der Waals surface area contributed by atoms with Crippen molar-refractivity contribution in [1.29, 1.82) is 0 Å². The lowest BCUT2D eigenvalue weighted by Crippen LogP contribution is -2.03. The fraction of sp³-hybridized carbons (Fsp3) is 0.0714. The first-order valence-corrected chi connectivity index (χ1v) is 5.98. The summed E-state index contributed by atoms with van der Waals surface area (Å²) in [6.45, 7) is 0. The molecule has 0 bridgehead atoms. The van der Waals surface area contributed by atoms with Crippen molar-refractivity contribution in [2.45, 2.75) is 6.42 Å². The fourth-order valence-electron chi connectivity index (χ4n) is 1.55. The molecule has 0 N–H and O–H groups in total. The van der Waals surface area contributed by atoms with Crippen molar-refractivity contribution in [2.75, 3.05) is 0 Å². The Balaban J connectivity index is 2.17. The molecule has 2 aromatic rings. The average molecular weight is 293 g/mol. The van der Waals surface area contributed by atoms with Crippen LogP contribution in [-0.2, 0) is 6.42 Å². The van der Waals surface area contributed by atoms with E-state index in [4.69, 9.17) is 0 Å². The van der Waals surface area contributed by atoms with Gasteiger partial charge in [-0.15, -0.1) is 0 Å². The summed E-state index contributed by atoms with van der Waals surface area (Å²) in [5.41, 5.74) is 1.46. The fourth-order valence-corrected chi connectivity index (χ4v) is 1.98. The number of carbonyl (C=O) groups is 1. The zero-order valence-electron chi connectivity index (χ0n) is 8.99. The van der Waals surface area contributed by atoms with Crippen LogP contribution in [0.4, 0.5) is 4.39 Å². The van der Waals surface area contributed by atoms with E-state index in [1.807, 2.05) is 24.3 Å². The maximum absolute atomic E-state index is 12.7. The van der Waals surface area contributed by atoms with Gasteiger partial charge in [0.05, 0.1) is 0 Å². The van der Waals surface area contributed by atoms with Gasteiger partial charge in [0.15, 0.2) is 5.78 Å². The number of carbonyl (C=O) groups excluding carboxylic acids is 1. The number of rotatable bonds is 3. The first-order chi connectivity index (χ1) is 8.16. The van der Waals surface area contributed by atoms with E-state index in [-0.39, 0.29) is 11.6 Å². The second-order valence-electron chi connectivity index (χ2n) is 3.70. The van der Waals surface area contributed by atoms with E-state index in [0.717, 1.165) is 10.0 Å². The number of hydrogen-bond donors (Lipinski definition) is 0. The quantitative estimate of drug-likeness (QED) is 0.781. The SMILES string of the molecule is O=C(Cc1ccccc1Br)c1ccc(F)cc1. The lowest BCUT2D eigenvalue weighted by Gasteiger charge is -2.03. The molecular formula is C14H10BrFO. The lowest BCUT2D eigenvalue weighted by molar-refractivity contribution is 0.0993. The van der Waals surface area contributed by atoms with E-state index < -0.39 is 0 Å². The van der Waals surface area contributed by atoms with E-state index in [2.05, 4.69) is 15.9 Å². The molecule has 0 unspecified atom stereocenters. The number of hydrogen-bond acceptors (Lipinski definition) is 1. The van der Waals surface area contributed by atoms with Crippen LogP contribution in [0.15, 0.2) is 53.0 Å². The van der Waals surface area contributed by atoms with Crippen molar-refractivity contribution in [3.05, 3.63) is 69.9 Å². The molecule has 0 aliphatic rings. The van der Waals surface area contributed by atoms with Crippen LogP contribution in [-0.4, -0.2) is 5.78 Å². The monoisotopic (exact) mass is 292 g/mol. The zero-order chi connectivity index (χ0) is 12.3. The van der Waals surface area contributed by atoms with E-state index in [1.165, 1.54) is 24.3 Å². The molecule has 0 radical (unpaired) electrons. The van der Waals surface area contributed by atoms with Gasteiger partial charge in [0.2, 0.25) is 0 Å². The second kappa shape index (κ2) is 5.23. The Hall–Kier alpha value is -1.48. The van der Waals surface area contributed by atoms with Crippen molar-refractivity contribution in [2.24, 2.45) is 0 Å². The number of halogens is 2. The van der Waals surface area contributed by atoms with Crippen LogP contribution >= 0.6 is 15.9 Å². The first kappa shape index (κ1) is 12.0. The van der Waals surface area contributed by atoms with Crippen molar-refractivity contribution >= 4 is 21.7 Å². The Morgan fingerprint density at radius 2 is 1.71 bits per heavy atom. The van der Waals surface area contributed by atoms with Gasteiger partial charge in [0.1, 0.15) is 5.82 Å². The maximum atomic E-state index is 12.7. The summed E-state index contributed by atoms with van der Waals surface area (Å²) >= 11 is 3.40. The minimum atomic E-state index is -0.331. The molecule has 1 nitrogen and oxygen atoms in total. The van der Waals surface area contributed by atoms with Gasteiger partial charge in [0.25, 0.3) is 0 Å². The molecule has 0 aliphatic carbocycles. The van der Waals surface area contributed by atoms with Crippen LogP contribution in [0.25, 0.3) is 0 Å². The van der Waals surface area contributed by atoms with Gasteiger partial charge in [-0.2, -0.15) is 0 Å². The Morgan fingerprint density at radius 1 is 1.06 bits per heavy atom. The summed E-state index contributed by atoms with van der Waals surface area (Å²) in [5.74, 6) is -0.348. The molecule has 0 fully saturated rings. The molecule has 3 heteroatoms. The van der Waals surface area contributed by atoms with E-state index >= 15 is 0 Å². The molecule has 0 saturated carbocycles. The van der Waals surface area contributed by atoms with E-state index in [1.54, 1.807) is 0 Å². The molecular weight excluding hydrogens is 283 g/mol. The first-order valence-electron chi connectivity index (χ1n) is 5.19. The highest BCUT2D eigenvalue weighted by molar-refractivity contribution is 9.10. The third kappa shape index (κ3) is 3.01. The van der Waals surface area contributed by atoms with Crippen LogP contribution in [0.2, 0.25) is 0 Å². The minimum absolute atomic E-state index is 0.0168. The van der Waals surface area contributed by atoms with Crippen molar-refractivity contribution in [1.82, 2.24) is 0 Å². The van der Waals surface area contributed by atoms with Crippen LogP contribution < -0.4 is 0 Å². The second-order valence-corrected chi connectivity index (χ2v) is 4.55. The van der Waals surface area contributed by atoms with Crippen molar-refractivity contribution in [3.8, 4) is 0 Å². The zero-order valence-corrected chi connectivity index (χ0v) is 10.6. The van der Waals surface area contributed by atoms with Crippen LogP contribution in [0.1, 0.15) is 15.9 Å². The molecule has 2 aromatic carbocycles. The van der Waals surface area contributed by atoms with Gasteiger partial charge >= 0.3 is 0 Å². The molecule has 0 spiro atoms. The molecule has 0 aromatic heterocycles. The summed E-state index contributed by atoms with van der Waals surface area (Å²) < 4.78 is 13.6. The van der Waals surface area contributed by atoms with Gasteiger partial charge in [0, 0.05) is 16.5 Å². The Morgan fingerprint density at radius 3 is 2.35 bits per heavy atom.